The van der Waals surface area contributed by atoms with Crippen molar-refractivity contribution in [2.45, 2.75) is 203 Å². The number of aliphatic hydroxyl groups excluding tert-OH is 4. The molecule has 2 amide bonds. The van der Waals surface area contributed by atoms with Gasteiger partial charge in [-0.15, -0.1) is 0 Å². The van der Waals surface area contributed by atoms with E-state index in [1.165, 1.54) is 24.3 Å². The molecule has 0 saturated carbocycles. The molecule has 18 nitrogen and oxygen atoms in total. The van der Waals surface area contributed by atoms with E-state index in [9.17, 15) is 39.6 Å². The summed E-state index contributed by atoms with van der Waals surface area (Å²) in [6.07, 6.45) is 16.0. The van der Waals surface area contributed by atoms with Crippen LogP contribution in [0, 0.1) is 11.8 Å². The standard InChI is InChI=1S/C27H42N2O7.C26H39NO8/c1-16(6-9-24-26(33)27(15-34-27)13-21(36-24)12-20(31)14-28)5-8-23-17(2)11-22(19(4)35-23)29-25(32)10-7-18(3)30;1-15(6-9-22-25(32)26(14-33-26)13-19(35-22)12-24(30)31)5-8-21-16(2)11-20(18(4)34-21)27-23(29)10-7-17(3)28/h5-7,9-10,17-19,21-24,26,30,33H,8,11-15,28H2,1-4H3,(H,29,32);5-7,9-10,16-22,25,28,32H,8,11-14H2,1-4H3,(H,27,29)(H,30,31)/b9-6+,10-7-,16-5+;9-6+,10-7-,15-5+/t17-,18-,19+,21+,22+,23-,24+,26+,27+;16-,17-,18+,19+,20+,21-,22+,25+,26+/m00/s1. The van der Waals surface area contributed by atoms with Gasteiger partial charge in [0.05, 0.1) is 87.1 Å². The van der Waals surface area contributed by atoms with Gasteiger partial charge in [0.2, 0.25) is 11.8 Å². The maximum atomic E-state index is 12.1. The van der Waals surface area contributed by atoms with Gasteiger partial charge in [-0.2, -0.15) is 0 Å². The van der Waals surface area contributed by atoms with Crippen molar-refractivity contribution in [2.24, 2.45) is 17.6 Å². The Hall–Kier alpha value is -3.92. The highest BCUT2D eigenvalue weighted by Gasteiger charge is 2.59. The molecule has 6 saturated heterocycles. The van der Waals surface area contributed by atoms with Crippen molar-refractivity contribution < 1.29 is 73.1 Å². The number of hydrogen-bond donors (Lipinski definition) is 8. The fraction of sp³-hybridized carbons (Fsp3) is 0.698. The summed E-state index contributed by atoms with van der Waals surface area (Å²) in [5.41, 5.74) is 6.13. The van der Waals surface area contributed by atoms with Crippen LogP contribution in [0.5, 0.6) is 0 Å². The van der Waals surface area contributed by atoms with Crippen LogP contribution in [0.4, 0.5) is 0 Å². The minimum Gasteiger partial charge on any atom is -0.481 e. The van der Waals surface area contributed by atoms with E-state index in [0.717, 1.165) is 30.4 Å². The summed E-state index contributed by atoms with van der Waals surface area (Å²) in [4.78, 5) is 47.0. The lowest BCUT2D eigenvalue weighted by Crippen LogP contribution is -2.50. The van der Waals surface area contributed by atoms with E-state index in [0.29, 0.717) is 32.5 Å². The number of aliphatic carboxylic acids is 1. The lowest BCUT2D eigenvalue weighted by Gasteiger charge is -2.39. The number of carbonyl (C=O) groups excluding carboxylic acids is 3. The molecule has 6 aliphatic rings. The number of Topliss-reactive ketones (excluding diaryl/α,β-unsaturated/α-hetero) is 1. The first kappa shape index (κ1) is 58.0. The second kappa shape index (κ2) is 26.3. The lowest BCUT2D eigenvalue weighted by molar-refractivity contribution is -0.155. The molecule has 0 aliphatic carbocycles. The highest BCUT2D eigenvalue weighted by Crippen LogP contribution is 2.44. The van der Waals surface area contributed by atoms with Gasteiger partial charge >= 0.3 is 5.97 Å². The number of ketones is 1. The number of ether oxygens (including phenoxy) is 6. The van der Waals surface area contributed by atoms with Gasteiger partial charge in [-0.05, 0) is 79.1 Å². The summed E-state index contributed by atoms with van der Waals surface area (Å²) in [7, 11) is 0. The van der Waals surface area contributed by atoms with E-state index in [-0.39, 0.29) is 91.4 Å². The van der Waals surface area contributed by atoms with Crippen molar-refractivity contribution in [2.75, 3.05) is 19.8 Å². The molecule has 6 fully saturated rings. The molecule has 6 rings (SSSR count). The van der Waals surface area contributed by atoms with Gasteiger partial charge in [0.15, 0.2) is 0 Å². The Morgan fingerprint density at radius 1 is 0.662 bits per heavy atom. The zero-order valence-electron chi connectivity index (χ0n) is 42.7. The van der Waals surface area contributed by atoms with Gasteiger partial charge in [0.25, 0.3) is 0 Å². The summed E-state index contributed by atoms with van der Waals surface area (Å²) >= 11 is 0. The third kappa shape index (κ3) is 17.6. The van der Waals surface area contributed by atoms with Crippen LogP contribution in [-0.2, 0) is 47.6 Å². The molecule has 6 heterocycles. The van der Waals surface area contributed by atoms with Gasteiger partial charge in [0.1, 0.15) is 41.4 Å². The van der Waals surface area contributed by atoms with E-state index in [4.69, 9.17) is 39.3 Å². The Kier molecular flexibility index (Phi) is 21.5. The van der Waals surface area contributed by atoms with Crippen molar-refractivity contribution in [3.8, 4) is 0 Å². The van der Waals surface area contributed by atoms with Crippen molar-refractivity contribution in [1.29, 1.82) is 0 Å². The molecule has 9 N–H and O–H groups in total. The molecule has 18 atom stereocenters. The van der Waals surface area contributed by atoms with E-state index in [1.807, 2.05) is 45.9 Å². The van der Waals surface area contributed by atoms with Crippen molar-refractivity contribution >= 4 is 23.6 Å². The molecule has 0 aromatic carbocycles. The summed E-state index contributed by atoms with van der Waals surface area (Å²) < 4.78 is 35.3. The Morgan fingerprint density at radius 2 is 1.06 bits per heavy atom. The minimum absolute atomic E-state index is 0.00843. The number of carbonyl (C=O) groups is 4. The number of hydrogen-bond acceptors (Lipinski definition) is 15. The number of nitrogens with two attached hydrogens (primary N) is 1. The van der Waals surface area contributed by atoms with E-state index < -0.39 is 59.9 Å². The highest BCUT2D eigenvalue weighted by molar-refractivity contribution is 5.88. The molecule has 398 valence electrons. The third-order valence-electron chi connectivity index (χ3n) is 14.2. The monoisotopic (exact) mass is 1000 g/mol. The second-order valence-electron chi connectivity index (χ2n) is 20.7. The average Bonchev–Trinajstić information content (AvgIpc) is 4.25. The average molecular weight is 1000 g/mol. The molecule has 6 aliphatic heterocycles. The molecule has 0 unspecified atom stereocenters. The first-order valence-corrected chi connectivity index (χ1v) is 25.2. The second-order valence-corrected chi connectivity index (χ2v) is 20.7. The number of carboxylic acid groups (broad SMARTS) is 1. The van der Waals surface area contributed by atoms with Crippen LogP contribution >= 0.6 is 0 Å². The summed E-state index contributed by atoms with van der Waals surface area (Å²) in [5, 5.41) is 55.0. The Bertz CT molecular complexity index is 1990. The van der Waals surface area contributed by atoms with Crippen LogP contribution in [0.2, 0.25) is 0 Å². The van der Waals surface area contributed by atoms with Gasteiger partial charge < -0.3 is 70.3 Å². The number of rotatable bonds is 19. The van der Waals surface area contributed by atoms with E-state index in [2.05, 4.69) is 36.6 Å². The predicted molar refractivity (Wildman–Crippen MR) is 264 cm³/mol. The predicted octanol–water partition coefficient (Wildman–Crippen LogP) is 3.20. The van der Waals surface area contributed by atoms with Crippen LogP contribution in [0.15, 0.2) is 71.9 Å². The zero-order chi connectivity index (χ0) is 52.2. The number of allylic oxidation sites excluding steroid dienone is 4. The normalized spacial score (nSPS) is 38.3. The maximum absolute atomic E-state index is 12.1. The Balaban J connectivity index is 0.000000264. The maximum Gasteiger partial charge on any atom is 0.305 e. The van der Waals surface area contributed by atoms with Gasteiger partial charge in [-0.3, -0.25) is 19.2 Å². The zero-order valence-corrected chi connectivity index (χ0v) is 42.7. The van der Waals surface area contributed by atoms with Gasteiger partial charge in [-0.25, -0.2) is 0 Å². The Labute approximate surface area is 418 Å². The number of epoxide rings is 2. The third-order valence-corrected chi connectivity index (χ3v) is 14.2. The van der Waals surface area contributed by atoms with Crippen LogP contribution in [0.25, 0.3) is 0 Å². The molecular formula is C53H81N3O15. The highest BCUT2D eigenvalue weighted by atomic mass is 16.6. The number of nitrogens with one attached hydrogen (secondary N) is 2. The number of carboxylic acids is 1. The SMILES string of the molecule is CC(/C=C/[C@H]1O[C@H](CC(=O)CN)C[C@@]2(CO2)[C@@H]1O)=C\C[C@@H]1O[C@H](C)[C@H](NC(=O)/C=C\[C@H](C)O)C[C@@H]1C.CC(/C=C/[C@H]1O[C@H](CC(=O)O)C[C@@]2(CO2)[C@@H]1O)=C\C[C@@H]1O[C@H](C)[C@H](NC(=O)/C=C\[C@H](C)O)C[C@@H]1C. The number of aliphatic hydroxyl groups is 4. The van der Waals surface area contributed by atoms with Crippen LogP contribution in [0.1, 0.15) is 107 Å². The van der Waals surface area contributed by atoms with E-state index in [1.54, 1.807) is 19.9 Å². The lowest BCUT2D eigenvalue weighted by atomic mass is 9.87. The topological polar surface area (TPSA) is 281 Å². The molecule has 0 aromatic rings. The Morgan fingerprint density at radius 3 is 1.41 bits per heavy atom. The quantitative estimate of drug-likeness (QED) is 0.0524. The first-order chi connectivity index (χ1) is 33.5. The van der Waals surface area contributed by atoms with Crippen LogP contribution in [-0.4, -0.2) is 165 Å². The molecule has 71 heavy (non-hydrogen) atoms. The fourth-order valence-corrected chi connectivity index (χ4v) is 9.71. The van der Waals surface area contributed by atoms with Crippen molar-refractivity contribution in [1.82, 2.24) is 10.6 Å². The number of amides is 2. The molecule has 0 radical (unpaired) electrons. The van der Waals surface area contributed by atoms with Crippen LogP contribution in [0.3, 0.4) is 0 Å². The molecule has 18 heteroatoms. The smallest absolute Gasteiger partial charge is 0.305 e. The molecular weight excluding hydrogens is 919 g/mol. The molecule has 0 aromatic heterocycles. The molecule has 0 bridgehead atoms. The fourth-order valence-electron chi connectivity index (χ4n) is 9.71. The van der Waals surface area contributed by atoms with Crippen LogP contribution < -0.4 is 16.4 Å². The summed E-state index contributed by atoms with van der Waals surface area (Å²) in [5.74, 6) is -0.999. The van der Waals surface area contributed by atoms with E-state index >= 15 is 0 Å². The summed E-state index contributed by atoms with van der Waals surface area (Å²) in [6.45, 7) is 16.1. The largest absolute Gasteiger partial charge is 0.481 e. The van der Waals surface area contributed by atoms with Crippen molar-refractivity contribution in [3.05, 3.63) is 71.9 Å². The summed E-state index contributed by atoms with van der Waals surface area (Å²) in [6, 6.07) is -0.189. The van der Waals surface area contributed by atoms with Gasteiger partial charge in [-0.1, -0.05) is 73.6 Å². The van der Waals surface area contributed by atoms with Crippen molar-refractivity contribution in [3.63, 3.8) is 0 Å². The minimum atomic E-state index is -0.935. The van der Waals surface area contributed by atoms with Gasteiger partial charge in [0, 0.05) is 31.4 Å². The first-order valence-electron chi connectivity index (χ1n) is 25.2. The molecule has 2 spiro atoms.